The third-order valence-electron chi connectivity index (χ3n) is 8.71. The highest BCUT2D eigenvalue weighted by Gasteiger charge is 2.36. The van der Waals surface area contributed by atoms with Gasteiger partial charge in [0, 0.05) is 48.8 Å². The van der Waals surface area contributed by atoms with Crippen LogP contribution in [-0.2, 0) is 25.5 Å². The Bertz CT molecular complexity index is 1850. The molecule has 5 N–H and O–H groups in total. The first kappa shape index (κ1) is 36.5. The number of aryl methyl sites for hydroxylation is 1. The van der Waals surface area contributed by atoms with E-state index in [0.29, 0.717) is 42.2 Å². The molecular weight excluding hydrogens is 652 g/mol. The van der Waals surface area contributed by atoms with Gasteiger partial charge < -0.3 is 15.8 Å². The molecule has 1 saturated carbocycles. The standard InChI is InChI=1S/C36H44N10O5/c1-21-29(20-38-34(40-21)41-22(2)47)27-8-6-7-24(17-27)18-30(31(37)48)46(28-15-13-25(14-16-28)32-42-44-45-43-32)33(49)26-11-9-23(10-12-26)19-39-35(50)51-36(3,4)5/h6-8,13-17,20,23,26,30H,9-12,18-19H2,1-5H3,(H2,37,48)(H,39,50)(H,38,40,41,47)(H,42,43,44,45)/t23-,26-,30-/m0/s1. The van der Waals surface area contributed by atoms with Gasteiger partial charge in [0.25, 0.3) is 0 Å². The molecule has 4 amide bonds. The summed E-state index contributed by atoms with van der Waals surface area (Å²) in [7, 11) is 0. The van der Waals surface area contributed by atoms with Crippen LogP contribution >= 0.6 is 0 Å². The van der Waals surface area contributed by atoms with Crippen LogP contribution < -0.4 is 21.3 Å². The first-order chi connectivity index (χ1) is 24.3. The van der Waals surface area contributed by atoms with Crippen LogP contribution in [0.2, 0.25) is 0 Å². The van der Waals surface area contributed by atoms with Gasteiger partial charge in [0.15, 0.2) is 5.82 Å². The lowest BCUT2D eigenvalue weighted by Crippen LogP contribution is -2.52. The van der Waals surface area contributed by atoms with Crippen molar-refractivity contribution < 1.29 is 23.9 Å². The van der Waals surface area contributed by atoms with Crippen molar-refractivity contribution in [3.63, 3.8) is 0 Å². The predicted molar refractivity (Wildman–Crippen MR) is 190 cm³/mol. The second-order valence-electron chi connectivity index (χ2n) is 13.8. The molecule has 2 aromatic heterocycles. The van der Waals surface area contributed by atoms with Crippen LogP contribution in [0.15, 0.2) is 54.7 Å². The highest BCUT2D eigenvalue weighted by molar-refractivity contribution is 6.02. The van der Waals surface area contributed by atoms with Gasteiger partial charge in [-0.3, -0.25) is 24.6 Å². The van der Waals surface area contributed by atoms with E-state index in [9.17, 15) is 19.2 Å². The number of tetrazole rings is 1. The molecule has 0 aliphatic heterocycles. The lowest BCUT2D eigenvalue weighted by molar-refractivity contribution is -0.127. The molecule has 15 nitrogen and oxygen atoms in total. The van der Waals surface area contributed by atoms with Crippen LogP contribution in [0.1, 0.15) is 64.6 Å². The first-order valence-electron chi connectivity index (χ1n) is 16.9. The molecule has 51 heavy (non-hydrogen) atoms. The normalized spacial score (nSPS) is 16.5. The number of hydrogen-bond donors (Lipinski definition) is 4. The number of amides is 4. The number of carbonyl (C=O) groups excluding carboxylic acids is 4. The minimum absolute atomic E-state index is 0.154. The minimum atomic E-state index is -1.00. The van der Waals surface area contributed by atoms with Gasteiger partial charge in [0.2, 0.25) is 23.7 Å². The van der Waals surface area contributed by atoms with E-state index in [1.54, 1.807) is 30.5 Å². The van der Waals surface area contributed by atoms with Crippen molar-refractivity contribution in [2.24, 2.45) is 17.6 Å². The maximum absolute atomic E-state index is 14.5. The van der Waals surface area contributed by atoms with Gasteiger partial charge in [0.05, 0.1) is 5.69 Å². The fourth-order valence-electron chi connectivity index (χ4n) is 6.25. The van der Waals surface area contributed by atoms with E-state index in [0.717, 1.165) is 29.5 Å². The molecule has 1 fully saturated rings. The van der Waals surface area contributed by atoms with Gasteiger partial charge in [-0.1, -0.05) is 24.3 Å². The summed E-state index contributed by atoms with van der Waals surface area (Å²) in [6, 6.07) is 13.7. The number of carbonyl (C=O) groups is 4. The Labute approximate surface area is 296 Å². The van der Waals surface area contributed by atoms with Gasteiger partial charge in [-0.2, -0.15) is 0 Å². The van der Waals surface area contributed by atoms with Crippen LogP contribution in [0.4, 0.5) is 16.4 Å². The molecule has 1 aliphatic carbocycles. The molecule has 0 radical (unpaired) electrons. The predicted octanol–water partition coefficient (Wildman–Crippen LogP) is 4.35. The van der Waals surface area contributed by atoms with Crippen LogP contribution in [0.3, 0.4) is 0 Å². The Morgan fingerprint density at radius 1 is 1.04 bits per heavy atom. The van der Waals surface area contributed by atoms with E-state index in [-0.39, 0.29) is 36.0 Å². The second kappa shape index (κ2) is 15.9. The number of hydrogen-bond acceptors (Lipinski definition) is 10. The second-order valence-corrected chi connectivity index (χ2v) is 13.8. The van der Waals surface area contributed by atoms with Gasteiger partial charge >= 0.3 is 6.09 Å². The Kier molecular flexibility index (Phi) is 11.4. The summed E-state index contributed by atoms with van der Waals surface area (Å²) in [6.45, 7) is 9.11. The third-order valence-corrected chi connectivity index (χ3v) is 8.71. The molecule has 0 unspecified atom stereocenters. The smallest absolute Gasteiger partial charge is 0.407 e. The largest absolute Gasteiger partial charge is 0.444 e. The quantitative estimate of drug-likeness (QED) is 0.174. The van der Waals surface area contributed by atoms with E-state index < -0.39 is 23.6 Å². The molecule has 1 aliphatic rings. The zero-order valence-electron chi connectivity index (χ0n) is 29.5. The van der Waals surface area contributed by atoms with Crippen molar-refractivity contribution in [3.8, 4) is 22.5 Å². The molecule has 0 saturated heterocycles. The summed E-state index contributed by atoms with van der Waals surface area (Å²) >= 11 is 0. The first-order valence-corrected chi connectivity index (χ1v) is 16.9. The number of rotatable bonds is 11. The van der Waals surface area contributed by atoms with Crippen molar-refractivity contribution in [3.05, 3.63) is 66.0 Å². The number of nitrogens with one attached hydrogen (secondary N) is 3. The van der Waals surface area contributed by atoms with Crippen LogP contribution in [0.5, 0.6) is 0 Å². The molecular formula is C36H44N10O5. The van der Waals surface area contributed by atoms with Crippen molar-refractivity contribution in [2.45, 2.75) is 78.4 Å². The van der Waals surface area contributed by atoms with Crippen molar-refractivity contribution >= 4 is 35.5 Å². The Morgan fingerprint density at radius 2 is 1.76 bits per heavy atom. The molecule has 2 heterocycles. The molecule has 0 bridgehead atoms. The number of anilines is 2. The summed E-state index contributed by atoms with van der Waals surface area (Å²) < 4.78 is 5.37. The highest BCUT2D eigenvalue weighted by atomic mass is 16.6. The average Bonchev–Trinajstić information content (AvgIpc) is 3.62. The summed E-state index contributed by atoms with van der Waals surface area (Å²) in [5.41, 5.74) is 9.73. The lowest BCUT2D eigenvalue weighted by Gasteiger charge is -2.36. The molecule has 15 heteroatoms. The molecule has 4 aromatic rings. The van der Waals surface area contributed by atoms with Crippen molar-refractivity contribution in [1.82, 2.24) is 35.9 Å². The fraction of sp³-hybridized carbons (Fsp3) is 0.417. The van der Waals surface area contributed by atoms with E-state index in [4.69, 9.17) is 10.5 Å². The van der Waals surface area contributed by atoms with Crippen LogP contribution in [0, 0.1) is 18.8 Å². The molecule has 5 rings (SSSR count). The monoisotopic (exact) mass is 696 g/mol. The number of alkyl carbamates (subject to hydrolysis) is 1. The summed E-state index contributed by atoms with van der Waals surface area (Å²) in [5.74, 6) is -0.594. The van der Waals surface area contributed by atoms with Gasteiger partial charge in [-0.25, -0.2) is 19.9 Å². The van der Waals surface area contributed by atoms with Gasteiger partial charge in [-0.15, -0.1) is 5.10 Å². The number of H-pyrrole nitrogens is 1. The Hall–Kier alpha value is -5.73. The maximum atomic E-state index is 14.5. The van der Waals surface area contributed by atoms with E-state index >= 15 is 0 Å². The van der Waals surface area contributed by atoms with Gasteiger partial charge in [-0.05, 0) is 105 Å². The minimum Gasteiger partial charge on any atom is -0.444 e. The maximum Gasteiger partial charge on any atom is 0.407 e. The van der Waals surface area contributed by atoms with Crippen molar-refractivity contribution in [1.29, 1.82) is 0 Å². The number of nitrogens with two attached hydrogens (primary N) is 1. The average molecular weight is 697 g/mol. The zero-order chi connectivity index (χ0) is 36.7. The lowest BCUT2D eigenvalue weighted by atomic mass is 9.81. The molecule has 0 spiro atoms. The molecule has 2 aromatic carbocycles. The summed E-state index contributed by atoms with van der Waals surface area (Å²) in [6.07, 6.45) is 3.96. The van der Waals surface area contributed by atoms with Crippen molar-refractivity contribution in [2.75, 3.05) is 16.8 Å². The summed E-state index contributed by atoms with van der Waals surface area (Å²) in [5, 5.41) is 19.4. The third kappa shape index (κ3) is 9.71. The number of ether oxygens (including phenoxy) is 1. The van der Waals surface area contributed by atoms with Crippen LogP contribution in [0.25, 0.3) is 22.5 Å². The number of benzene rings is 2. The Morgan fingerprint density at radius 3 is 2.37 bits per heavy atom. The van der Waals surface area contributed by atoms with E-state index in [1.807, 2.05) is 52.0 Å². The Balaban J connectivity index is 1.38. The molecule has 1 atom stereocenters. The van der Waals surface area contributed by atoms with E-state index in [1.165, 1.54) is 11.8 Å². The fourth-order valence-corrected chi connectivity index (χ4v) is 6.25. The number of aromatic amines is 1. The number of primary amides is 1. The van der Waals surface area contributed by atoms with Crippen LogP contribution in [-0.4, -0.2) is 72.6 Å². The zero-order valence-corrected chi connectivity index (χ0v) is 29.5. The van der Waals surface area contributed by atoms with Gasteiger partial charge in [0.1, 0.15) is 11.6 Å². The SMILES string of the molecule is CC(=O)Nc1ncc(-c2cccc(C[C@@H](C(N)=O)N(c3ccc(-c4nnn[nH]4)cc3)C(=O)[C@H]3CC[C@H](CNC(=O)OC(C)(C)C)CC3)c2)c(C)n1. The topological polar surface area (TPSA) is 211 Å². The number of aromatic nitrogens is 6. The number of nitrogens with zero attached hydrogens (tertiary/aromatic N) is 6. The summed E-state index contributed by atoms with van der Waals surface area (Å²) in [4.78, 5) is 61.6. The highest BCUT2D eigenvalue weighted by Crippen LogP contribution is 2.33. The van der Waals surface area contributed by atoms with E-state index in [2.05, 4.69) is 41.2 Å². The molecule has 268 valence electrons.